The van der Waals surface area contributed by atoms with E-state index in [4.69, 9.17) is 10.5 Å². The Kier molecular flexibility index (Phi) is 8.87. The van der Waals surface area contributed by atoms with Crippen LogP contribution < -0.4 is 16.4 Å². The minimum Gasteiger partial charge on any atom is -0.381 e. The number of nitrogens with two attached hydrogens (primary N) is 1. The summed E-state index contributed by atoms with van der Waals surface area (Å²) < 4.78 is 5.42. The Balaban J connectivity index is 1.49. The zero-order valence-electron chi connectivity index (χ0n) is 18.8. The summed E-state index contributed by atoms with van der Waals surface area (Å²) in [4.78, 5) is 28.2. The van der Waals surface area contributed by atoms with Gasteiger partial charge in [-0.15, -0.1) is 0 Å². The van der Waals surface area contributed by atoms with Crippen molar-refractivity contribution in [3.63, 3.8) is 0 Å². The Labute approximate surface area is 186 Å². The minimum atomic E-state index is -0.844. The van der Waals surface area contributed by atoms with E-state index in [0.29, 0.717) is 31.9 Å². The number of likely N-dealkylation sites (tertiary alicyclic amines) is 1. The highest BCUT2D eigenvalue weighted by Crippen LogP contribution is 2.27. The van der Waals surface area contributed by atoms with E-state index in [1.54, 1.807) is 7.11 Å². The second kappa shape index (κ2) is 11.6. The summed E-state index contributed by atoms with van der Waals surface area (Å²) in [5.74, 6) is -0.348. The molecule has 7 heteroatoms. The summed E-state index contributed by atoms with van der Waals surface area (Å²) in [5.41, 5.74) is 6.48. The third-order valence-electron chi connectivity index (χ3n) is 6.67. The van der Waals surface area contributed by atoms with Crippen LogP contribution in [0, 0.1) is 0 Å². The van der Waals surface area contributed by atoms with Crippen molar-refractivity contribution in [1.82, 2.24) is 15.5 Å². The Morgan fingerprint density at radius 2 is 1.87 bits per heavy atom. The van der Waals surface area contributed by atoms with Crippen molar-refractivity contribution in [2.75, 3.05) is 33.3 Å². The molecule has 2 amide bonds. The molecule has 1 heterocycles. The summed E-state index contributed by atoms with van der Waals surface area (Å²) >= 11 is 0. The van der Waals surface area contributed by atoms with Crippen LogP contribution in [0.15, 0.2) is 30.3 Å². The van der Waals surface area contributed by atoms with Crippen LogP contribution in [0.25, 0.3) is 0 Å². The standard InChI is InChI=1S/C24H38N4O3/c1-31-20-10-16-28(17-11-20)15-7-14-26-22(29)21(18-19-8-3-2-4-9-19)27-23(30)24(25)12-5-6-13-24/h2-4,8-9,20-21H,5-7,10-18,25H2,1H3,(H,26,29)(H,27,30)/t21-/m1/s1. The molecule has 7 nitrogen and oxygen atoms in total. The maximum absolute atomic E-state index is 12.9. The Morgan fingerprint density at radius 3 is 2.52 bits per heavy atom. The van der Waals surface area contributed by atoms with Gasteiger partial charge in [0.2, 0.25) is 11.8 Å². The van der Waals surface area contributed by atoms with E-state index in [1.807, 2.05) is 30.3 Å². The van der Waals surface area contributed by atoms with Gasteiger partial charge in [0.1, 0.15) is 6.04 Å². The topological polar surface area (TPSA) is 96.7 Å². The highest BCUT2D eigenvalue weighted by molar-refractivity contribution is 5.92. The van der Waals surface area contributed by atoms with Crippen LogP contribution in [0.1, 0.15) is 50.5 Å². The number of hydrogen-bond acceptors (Lipinski definition) is 5. The maximum Gasteiger partial charge on any atom is 0.242 e. The number of nitrogens with one attached hydrogen (secondary N) is 2. The summed E-state index contributed by atoms with van der Waals surface area (Å²) in [6, 6.07) is 9.17. The van der Waals surface area contributed by atoms with Crippen molar-refractivity contribution in [3.05, 3.63) is 35.9 Å². The average Bonchev–Trinajstić information content (AvgIpc) is 3.25. The lowest BCUT2D eigenvalue weighted by Gasteiger charge is -2.31. The second-order valence-electron chi connectivity index (χ2n) is 9.00. The minimum absolute atomic E-state index is 0.142. The molecule has 1 aliphatic heterocycles. The Hall–Kier alpha value is -1.96. The highest BCUT2D eigenvalue weighted by Gasteiger charge is 2.38. The van der Waals surface area contributed by atoms with Crippen LogP contribution in [0.2, 0.25) is 0 Å². The van der Waals surface area contributed by atoms with Gasteiger partial charge in [0.25, 0.3) is 0 Å². The number of carbonyl (C=O) groups excluding carboxylic acids is 2. The number of rotatable bonds is 10. The van der Waals surface area contributed by atoms with Crippen molar-refractivity contribution in [1.29, 1.82) is 0 Å². The number of hydrogen-bond donors (Lipinski definition) is 3. The fraction of sp³-hybridized carbons (Fsp3) is 0.667. The molecular formula is C24H38N4O3. The number of carbonyl (C=O) groups is 2. The van der Waals surface area contributed by atoms with Gasteiger partial charge in [-0.25, -0.2) is 0 Å². The van der Waals surface area contributed by atoms with Crippen molar-refractivity contribution in [2.45, 2.75) is 69.1 Å². The van der Waals surface area contributed by atoms with Gasteiger partial charge < -0.3 is 26.0 Å². The number of benzene rings is 1. The Bertz CT molecular complexity index is 698. The molecule has 0 unspecified atom stereocenters. The van der Waals surface area contributed by atoms with Gasteiger partial charge in [0, 0.05) is 33.2 Å². The third kappa shape index (κ3) is 7.02. The van der Waals surface area contributed by atoms with Crippen LogP contribution in [0.3, 0.4) is 0 Å². The van der Waals surface area contributed by atoms with E-state index in [2.05, 4.69) is 15.5 Å². The van der Waals surface area contributed by atoms with Gasteiger partial charge in [-0.3, -0.25) is 9.59 Å². The molecule has 1 saturated heterocycles. The molecule has 0 aromatic heterocycles. The van der Waals surface area contributed by atoms with Crippen LogP contribution in [-0.4, -0.2) is 67.7 Å². The predicted molar refractivity (Wildman–Crippen MR) is 122 cm³/mol. The van der Waals surface area contributed by atoms with Crippen LogP contribution in [-0.2, 0) is 20.7 Å². The van der Waals surface area contributed by atoms with Crippen LogP contribution in [0.5, 0.6) is 0 Å². The molecule has 0 radical (unpaired) electrons. The lowest BCUT2D eigenvalue weighted by atomic mass is 9.96. The summed E-state index contributed by atoms with van der Waals surface area (Å²) in [6.07, 6.45) is 7.13. The van der Waals surface area contributed by atoms with Gasteiger partial charge in [-0.1, -0.05) is 43.2 Å². The van der Waals surface area contributed by atoms with E-state index in [-0.39, 0.29) is 11.8 Å². The largest absolute Gasteiger partial charge is 0.381 e. The Morgan fingerprint density at radius 1 is 1.19 bits per heavy atom. The average molecular weight is 431 g/mol. The maximum atomic E-state index is 12.9. The highest BCUT2D eigenvalue weighted by atomic mass is 16.5. The molecule has 2 aliphatic rings. The monoisotopic (exact) mass is 430 g/mol. The predicted octanol–water partition coefficient (Wildman–Crippen LogP) is 1.60. The summed E-state index contributed by atoms with van der Waals surface area (Å²) in [6.45, 7) is 3.63. The molecule has 2 fully saturated rings. The van der Waals surface area contributed by atoms with Crippen molar-refractivity contribution < 1.29 is 14.3 Å². The zero-order valence-corrected chi connectivity index (χ0v) is 18.8. The van der Waals surface area contributed by atoms with E-state index in [9.17, 15) is 9.59 Å². The molecule has 3 rings (SSSR count). The van der Waals surface area contributed by atoms with Gasteiger partial charge in [-0.2, -0.15) is 0 Å². The van der Waals surface area contributed by atoms with Gasteiger partial charge in [-0.05, 0) is 44.2 Å². The number of ether oxygens (including phenoxy) is 1. The molecule has 31 heavy (non-hydrogen) atoms. The summed E-state index contributed by atoms with van der Waals surface area (Å²) in [5, 5.41) is 5.97. The summed E-state index contributed by atoms with van der Waals surface area (Å²) in [7, 11) is 1.78. The first-order valence-corrected chi connectivity index (χ1v) is 11.7. The van der Waals surface area contributed by atoms with E-state index < -0.39 is 11.6 Å². The lowest BCUT2D eigenvalue weighted by molar-refractivity contribution is -0.131. The fourth-order valence-electron chi connectivity index (χ4n) is 4.60. The lowest BCUT2D eigenvalue weighted by Crippen LogP contribution is -2.58. The normalized spacial score (nSPS) is 20.3. The molecule has 1 aromatic rings. The number of piperidine rings is 1. The van der Waals surface area contributed by atoms with Crippen molar-refractivity contribution in [2.24, 2.45) is 5.73 Å². The first-order valence-electron chi connectivity index (χ1n) is 11.7. The molecule has 0 spiro atoms. The van der Waals surface area contributed by atoms with Crippen molar-refractivity contribution in [3.8, 4) is 0 Å². The number of amides is 2. The number of nitrogens with zero attached hydrogens (tertiary/aromatic N) is 1. The van der Waals surface area contributed by atoms with Crippen molar-refractivity contribution >= 4 is 11.8 Å². The second-order valence-corrected chi connectivity index (χ2v) is 9.00. The molecule has 4 N–H and O–H groups in total. The molecule has 0 bridgehead atoms. The SMILES string of the molecule is COC1CCN(CCCNC(=O)[C@@H](Cc2ccccc2)NC(=O)C2(N)CCCC2)CC1. The molecule has 1 aromatic carbocycles. The first kappa shape index (κ1) is 23.7. The van der Waals surface area contributed by atoms with Gasteiger partial charge in [0.15, 0.2) is 0 Å². The van der Waals surface area contributed by atoms with E-state index >= 15 is 0 Å². The smallest absolute Gasteiger partial charge is 0.242 e. The molecule has 1 saturated carbocycles. The van der Waals surface area contributed by atoms with E-state index in [0.717, 1.165) is 57.3 Å². The first-order chi connectivity index (χ1) is 15.0. The van der Waals surface area contributed by atoms with E-state index in [1.165, 1.54) is 0 Å². The zero-order chi connectivity index (χ0) is 22.1. The molecule has 1 aliphatic carbocycles. The quantitative estimate of drug-likeness (QED) is 0.490. The third-order valence-corrected chi connectivity index (χ3v) is 6.67. The van der Waals surface area contributed by atoms with Gasteiger partial charge in [0.05, 0.1) is 11.6 Å². The number of methoxy groups -OCH3 is 1. The van der Waals surface area contributed by atoms with Gasteiger partial charge >= 0.3 is 0 Å². The molecular weight excluding hydrogens is 392 g/mol. The van der Waals surface area contributed by atoms with Crippen LogP contribution >= 0.6 is 0 Å². The van der Waals surface area contributed by atoms with Crippen LogP contribution in [0.4, 0.5) is 0 Å². The molecule has 1 atom stereocenters. The molecule has 172 valence electrons. The fourth-order valence-corrected chi connectivity index (χ4v) is 4.60.